The number of allylic oxidation sites excluding steroid dienone is 2. The lowest BCUT2D eigenvalue weighted by molar-refractivity contribution is -0.885. The first-order valence-corrected chi connectivity index (χ1v) is 17.1. The molecule has 0 radical (unpaired) electrons. The summed E-state index contributed by atoms with van der Waals surface area (Å²) in [5, 5.41) is 18.6. The Labute approximate surface area is 266 Å². The Morgan fingerprint density at radius 3 is 1.59 bits per heavy atom. The highest BCUT2D eigenvalue weighted by Crippen LogP contribution is 2.47. The van der Waals surface area contributed by atoms with Gasteiger partial charge < -0.3 is 10.2 Å². The predicted molar refractivity (Wildman–Crippen MR) is 185 cm³/mol. The van der Waals surface area contributed by atoms with Gasteiger partial charge in [-0.1, -0.05) is 86.1 Å². The third-order valence-corrected chi connectivity index (χ3v) is 9.35. The maximum absolute atomic E-state index is 9.60. The molecule has 1 aromatic heterocycles. The summed E-state index contributed by atoms with van der Waals surface area (Å²) in [5.41, 5.74) is 9.11. The SMILES string of the molecule is Cc1ccc(C2=CC(c3ccncc3)=CC(c3ccc(C)cc3)[N+]2(CCCCCO)CCCCCCCCCCCO)cc1. The van der Waals surface area contributed by atoms with Gasteiger partial charge >= 0.3 is 0 Å². The molecule has 0 amide bonds. The minimum atomic E-state index is 0.195. The third-order valence-electron chi connectivity index (χ3n) is 9.35. The molecule has 0 bridgehead atoms. The molecule has 44 heavy (non-hydrogen) atoms. The number of pyridine rings is 1. The molecule has 4 heteroatoms. The first-order chi connectivity index (χ1) is 21.6. The number of hydrogen-bond donors (Lipinski definition) is 2. The van der Waals surface area contributed by atoms with Crippen LogP contribution in [0.4, 0.5) is 0 Å². The van der Waals surface area contributed by atoms with E-state index in [9.17, 15) is 5.11 Å². The van der Waals surface area contributed by atoms with Crippen molar-refractivity contribution in [2.75, 3.05) is 26.3 Å². The van der Waals surface area contributed by atoms with Gasteiger partial charge in [0.15, 0.2) is 0 Å². The van der Waals surface area contributed by atoms with Crippen molar-refractivity contribution in [1.29, 1.82) is 0 Å². The number of aliphatic hydroxyl groups excluding tert-OH is 2. The first kappa shape index (κ1) is 33.8. The predicted octanol–water partition coefficient (Wildman–Crippen LogP) is 9.36. The summed E-state index contributed by atoms with van der Waals surface area (Å²) in [6.45, 7) is 7.05. The summed E-state index contributed by atoms with van der Waals surface area (Å²) in [7, 11) is 0. The number of aromatic nitrogens is 1. The van der Waals surface area contributed by atoms with Crippen LogP contribution in [0.25, 0.3) is 11.3 Å². The van der Waals surface area contributed by atoms with Crippen LogP contribution in [0.5, 0.6) is 0 Å². The molecule has 3 aromatic rings. The van der Waals surface area contributed by atoms with Crippen molar-refractivity contribution in [2.24, 2.45) is 0 Å². The minimum Gasteiger partial charge on any atom is -0.396 e. The van der Waals surface area contributed by atoms with Crippen LogP contribution in [-0.4, -0.2) is 46.0 Å². The molecule has 2 heterocycles. The van der Waals surface area contributed by atoms with Gasteiger partial charge in [-0.05, 0) is 93.9 Å². The van der Waals surface area contributed by atoms with Crippen molar-refractivity contribution < 1.29 is 14.7 Å². The fraction of sp³-hybridized carbons (Fsp3) is 0.475. The molecule has 0 saturated heterocycles. The quantitative estimate of drug-likeness (QED) is 0.107. The summed E-state index contributed by atoms with van der Waals surface area (Å²) >= 11 is 0. The number of quaternary nitrogens is 1. The van der Waals surface area contributed by atoms with Gasteiger partial charge in [0.05, 0.1) is 13.1 Å². The lowest BCUT2D eigenvalue weighted by atomic mass is 9.87. The van der Waals surface area contributed by atoms with Crippen molar-refractivity contribution in [2.45, 2.75) is 96.9 Å². The molecule has 2 aromatic carbocycles. The van der Waals surface area contributed by atoms with Gasteiger partial charge in [0.25, 0.3) is 0 Å². The maximum atomic E-state index is 9.60. The standard InChI is InChI=1S/C40H55N2O2/c1-33-15-19-36(20-16-33)39-31-38(35-23-25-41-26-24-35)32-40(37-21-17-34(2)18-22-37)42(39,28-12-10-14-30-44)27-11-8-6-4-3-5-7-9-13-29-43/h15-26,31-32,39,43-44H,3-14,27-30H2,1-2H3/q+1. The van der Waals surface area contributed by atoms with E-state index in [1.165, 1.54) is 84.0 Å². The fourth-order valence-electron chi connectivity index (χ4n) is 6.78. The molecule has 1 aliphatic rings. The Balaban J connectivity index is 1.69. The number of aliphatic hydroxyl groups is 2. The van der Waals surface area contributed by atoms with Gasteiger partial charge in [-0.15, -0.1) is 0 Å². The van der Waals surface area contributed by atoms with E-state index in [2.05, 4.69) is 91.6 Å². The second-order valence-corrected chi connectivity index (χ2v) is 12.8. The second kappa shape index (κ2) is 18.0. The molecule has 2 atom stereocenters. The van der Waals surface area contributed by atoms with E-state index >= 15 is 0 Å². The molecule has 2 N–H and O–H groups in total. The van der Waals surface area contributed by atoms with E-state index in [0.717, 1.165) is 49.7 Å². The van der Waals surface area contributed by atoms with E-state index in [1.807, 2.05) is 12.4 Å². The van der Waals surface area contributed by atoms with Crippen LogP contribution in [0.15, 0.2) is 85.2 Å². The van der Waals surface area contributed by atoms with Crippen LogP contribution in [0.2, 0.25) is 0 Å². The van der Waals surface area contributed by atoms with E-state index in [4.69, 9.17) is 5.11 Å². The molecular weight excluding hydrogens is 540 g/mol. The zero-order chi connectivity index (χ0) is 31.0. The Morgan fingerprint density at radius 2 is 1.05 bits per heavy atom. The van der Waals surface area contributed by atoms with Gasteiger partial charge in [-0.3, -0.25) is 9.47 Å². The molecule has 4 nitrogen and oxygen atoms in total. The molecule has 0 aliphatic carbocycles. The van der Waals surface area contributed by atoms with Crippen molar-refractivity contribution in [1.82, 2.24) is 4.98 Å². The highest BCUT2D eigenvalue weighted by molar-refractivity contribution is 5.83. The number of hydrogen-bond acceptors (Lipinski definition) is 3. The Hall–Kier alpha value is -3.05. The summed E-state index contributed by atoms with van der Waals surface area (Å²) in [6.07, 6.45) is 22.7. The zero-order valence-corrected chi connectivity index (χ0v) is 27.3. The molecule has 236 valence electrons. The molecule has 1 aliphatic heterocycles. The molecule has 0 spiro atoms. The monoisotopic (exact) mass is 595 g/mol. The van der Waals surface area contributed by atoms with Crippen molar-refractivity contribution in [3.63, 3.8) is 0 Å². The smallest absolute Gasteiger partial charge is 0.141 e. The zero-order valence-electron chi connectivity index (χ0n) is 27.3. The summed E-state index contributed by atoms with van der Waals surface area (Å²) in [5.74, 6) is 0. The van der Waals surface area contributed by atoms with E-state index < -0.39 is 0 Å². The number of rotatable bonds is 19. The highest BCUT2D eigenvalue weighted by Gasteiger charge is 2.43. The highest BCUT2D eigenvalue weighted by atomic mass is 16.3. The number of nitrogens with zero attached hydrogens (tertiary/aromatic N) is 2. The number of benzene rings is 2. The molecule has 0 saturated carbocycles. The summed E-state index contributed by atoms with van der Waals surface area (Å²) in [4.78, 5) is 4.31. The Kier molecular flexibility index (Phi) is 13.9. The number of aryl methyl sites for hydroxylation is 2. The lowest BCUT2D eigenvalue weighted by Crippen LogP contribution is -2.51. The van der Waals surface area contributed by atoms with Gasteiger partial charge in [-0.2, -0.15) is 0 Å². The number of unbranched alkanes of at least 4 members (excludes halogenated alkanes) is 10. The van der Waals surface area contributed by atoms with Crippen LogP contribution in [-0.2, 0) is 0 Å². The normalized spacial score (nSPS) is 18.2. The van der Waals surface area contributed by atoms with Crippen LogP contribution >= 0.6 is 0 Å². The fourth-order valence-corrected chi connectivity index (χ4v) is 6.78. The molecule has 0 fully saturated rings. The third kappa shape index (κ3) is 9.47. The topological polar surface area (TPSA) is 53.4 Å². The van der Waals surface area contributed by atoms with E-state index in [0.29, 0.717) is 6.61 Å². The van der Waals surface area contributed by atoms with Gasteiger partial charge in [0.2, 0.25) is 0 Å². The van der Waals surface area contributed by atoms with Crippen LogP contribution in [0, 0.1) is 13.8 Å². The second-order valence-electron chi connectivity index (χ2n) is 12.8. The molecular formula is C40H55N2O2+. The van der Waals surface area contributed by atoms with Crippen molar-refractivity contribution in [3.05, 3.63) is 113 Å². The van der Waals surface area contributed by atoms with E-state index in [-0.39, 0.29) is 12.6 Å². The van der Waals surface area contributed by atoms with Crippen LogP contribution in [0.3, 0.4) is 0 Å². The summed E-state index contributed by atoms with van der Waals surface area (Å²) in [6, 6.07) is 22.8. The average molecular weight is 596 g/mol. The van der Waals surface area contributed by atoms with Crippen molar-refractivity contribution >= 4 is 11.3 Å². The van der Waals surface area contributed by atoms with Crippen LogP contribution < -0.4 is 0 Å². The Morgan fingerprint density at radius 1 is 0.568 bits per heavy atom. The van der Waals surface area contributed by atoms with Gasteiger partial charge in [-0.25, -0.2) is 0 Å². The lowest BCUT2D eigenvalue weighted by Gasteiger charge is -2.47. The molecule has 2 unspecified atom stereocenters. The van der Waals surface area contributed by atoms with Gasteiger partial charge in [0.1, 0.15) is 11.7 Å². The maximum Gasteiger partial charge on any atom is 0.141 e. The van der Waals surface area contributed by atoms with Crippen LogP contribution in [0.1, 0.15) is 111 Å². The molecule has 4 rings (SSSR count). The average Bonchev–Trinajstić information content (AvgIpc) is 3.05. The van der Waals surface area contributed by atoms with Crippen molar-refractivity contribution in [3.8, 4) is 0 Å². The van der Waals surface area contributed by atoms with Gasteiger partial charge in [0, 0.05) is 42.8 Å². The Bertz CT molecular complexity index is 1300. The summed E-state index contributed by atoms with van der Waals surface area (Å²) < 4.78 is 0.910. The van der Waals surface area contributed by atoms with E-state index in [1.54, 1.807) is 0 Å². The largest absolute Gasteiger partial charge is 0.396 e. The minimum absolute atomic E-state index is 0.195. The first-order valence-electron chi connectivity index (χ1n) is 17.1.